The molecule has 0 aliphatic rings. The quantitative estimate of drug-likeness (QED) is 0.554. The maximum Gasteiger partial charge on any atom is 0.184 e. The molecular formula is C15H24O2Si. The zero-order valence-electron chi connectivity index (χ0n) is 12.1. The van der Waals surface area contributed by atoms with Crippen LogP contribution in [0.2, 0.25) is 19.6 Å². The molecule has 0 saturated heterocycles. The summed E-state index contributed by atoms with van der Waals surface area (Å²) in [6.07, 6.45) is 0.983. The van der Waals surface area contributed by atoms with Crippen LogP contribution in [0.15, 0.2) is 36.4 Å². The number of methoxy groups -OCH3 is 1. The second-order valence-electron chi connectivity index (χ2n) is 5.65. The monoisotopic (exact) mass is 264 g/mol. The summed E-state index contributed by atoms with van der Waals surface area (Å²) in [6, 6.07) is 8.11. The third kappa shape index (κ3) is 5.06. The van der Waals surface area contributed by atoms with Crippen molar-refractivity contribution in [2.45, 2.75) is 39.1 Å². The highest BCUT2D eigenvalue weighted by Gasteiger charge is 2.22. The third-order valence-corrected chi connectivity index (χ3v) is 3.51. The van der Waals surface area contributed by atoms with Crippen molar-refractivity contribution in [3.05, 3.63) is 42.0 Å². The molecule has 0 aliphatic heterocycles. The molecule has 1 aromatic carbocycles. The molecule has 2 nitrogen and oxygen atoms in total. The number of hydrogen-bond acceptors (Lipinski definition) is 2. The lowest BCUT2D eigenvalue weighted by molar-refractivity contribution is 0.198. The van der Waals surface area contributed by atoms with E-state index in [1.807, 2.05) is 19.1 Å². The van der Waals surface area contributed by atoms with Crippen LogP contribution in [0.5, 0.6) is 5.75 Å². The fourth-order valence-electron chi connectivity index (χ4n) is 1.79. The minimum Gasteiger partial charge on any atom is -0.497 e. The van der Waals surface area contributed by atoms with Gasteiger partial charge in [-0.15, -0.1) is 6.58 Å². The van der Waals surface area contributed by atoms with E-state index < -0.39 is 8.32 Å². The number of ether oxygens (including phenoxy) is 1. The number of hydrogen-bond donors (Lipinski definition) is 0. The van der Waals surface area contributed by atoms with Crippen LogP contribution in [0.1, 0.15) is 25.0 Å². The molecule has 1 atom stereocenters. The Morgan fingerprint density at radius 1 is 1.22 bits per heavy atom. The van der Waals surface area contributed by atoms with Crippen LogP contribution in [0.4, 0.5) is 0 Å². The first-order chi connectivity index (χ1) is 8.31. The van der Waals surface area contributed by atoms with Crippen LogP contribution >= 0.6 is 0 Å². The Balaban J connectivity index is 2.90. The molecule has 3 heteroatoms. The van der Waals surface area contributed by atoms with E-state index in [0.29, 0.717) is 0 Å². The molecule has 0 bridgehead atoms. The molecule has 0 amide bonds. The normalized spacial score (nSPS) is 13.2. The average molecular weight is 264 g/mol. The van der Waals surface area contributed by atoms with Crippen molar-refractivity contribution < 1.29 is 9.16 Å². The van der Waals surface area contributed by atoms with Gasteiger partial charge in [-0.2, -0.15) is 0 Å². The fourth-order valence-corrected chi connectivity index (χ4v) is 2.86. The van der Waals surface area contributed by atoms with Crippen molar-refractivity contribution in [2.24, 2.45) is 0 Å². The van der Waals surface area contributed by atoms with Crippen LogP contribution < -0.4 is 4.74 Å². The Labute approximate surface area is 112 Å². The molecular weight excluding hydrogens is 240 g/mol. The summed E-state index contributed by atoms with van der Waals surface area (Å²) in [4.78, 5) is 0. The SMILES string of the molecule is C=C(C)CC(O[Si](C)(C)C)c1ccc(OC)cc1. The molecule has 1 aromatic rings. The molecule has 0 aliphatic carbocycles. The molecule has 0 saturated carbocycles. The highest BCUT2D eigenvalue weighted by Crippen LogP contribution is 2.29. The van der Waals surface area contributed by atoms with Crippen LogP contribution in [-0.2, 0) is 4.43 Å². The van der Waals surface area contributed by atoms with Crippen LogP contribution in [0.3, 0.4) is 0 Å². The van der Waals surface area contributed by atoms with Crippen LogP contribution in [-0.4, -0.2) is 15.4 Å². The van der Waals surface area contributed by atoms with Gasteiger partial charge in [0.15, 0.2) is 8.32 Å². The number of benzene rings is 1. The Hall–Kier alpha value is -1.06. The van der Waals surface area contributed by atoms with Gasteiger partial charge in [-0.1, -0.05) is 17.7 Å². The molecule has 1 unspecified atom stereocenters. The molecule has 0 aromatic heterocycles. The fraction of sp³-hybridized carbons (Fsp3) is 0.467. The molecule has 0 N–H and O–H groups in total. The lowest BCUT2D eigenvalue weighted by Crippen LogP contribution is -2.28. The van der Waals surface area contributed by atoms with Gasteiger partial charge in [-0.25, -0.2) is 0 Å². The lowest BCUT2D eigenvalue weighted by atomic mass is 10.0. The zero-order chi connectivity index (χ0) is 13.8. The van der Waals surface area contributed by atoms with E-state index in [0.717, 1.165) is 17.7 Å². The zero-order valence-corrected chi connectivity index (χ0v) is 13.1. The molecule has 0 fully saturated rings. The molecule has 0 spiro atoms. The highest BCUT2D eigenvalue weighted by atomic mass is 28.4. The van der Waals surface area contributed by atoms with Crippen molar-refractivity contribution in [3.8, 4) is 5.75 Å². The molecule has 0 radical (unpaired) electrons. The summed E-state index contributed by atoms with van der Waals surface area (Å²) in [7, 11) is 0.115. The van der Waals surface area contributed by atoms with E-state index in [2.05, 4.69) is 38.4 Å². The average Bonchev–Trinajstić information content (AvgIpc) is 2.26. The van der Waals surface area contributed by atoms with Crippen molar-refractivity contribution in [3.63, 3.8) is 0 Å². The van der Waals surface area contributed by atoms with Gasteiger partial charge in [0.2, 0.25) is 0 Å². The van der Waals surface area contributed by atoms with Crippen molar-refractivity contribution >= 4 is 8.32 Å². The van der Waals surface area contributed by atoms with Crippen LogP contribution in [0.25, 0.3) is 0 Å². The van der Waals surface area contributed by atoms with E-state index in [1.165, 1.54) is 5.56 Å². The molecule has 18 heavy (non-hydrogen) atoms. The first kappa shape index (κ1) is 15.0. The van der Waals surface area contributed by atoms with Gasteiger partial charge in [0.05, 0.1) is 13.2 Å². The summed E-state index contributed by atoms with van der Waals surface area (Å²) < 4.78 is 11.4. The first-order valence-electron chi connectivity index (χ1n) is 6.28. The minimum absolute atomic E-state index is 0.111. The van der Waals surface area contributed by atoms with Gasteiger partial charge in [-0.05, 0) is 50.7 Å². The summed E-state index contributed by atoms with van der Waals surface area (Å²) in [5.41, 5.74) is 2.34. The van der Waals surface area contributed by atoms with Crippen molar-refractivity contribution in [1.82, 2.24) is 0 Å². The summed E-state index contributed by atoms with van der Waals surface area (Å²) in [5.74, 6) is 0.876. The Bertz CT molecular complexity index is 390. The van der Waals surface area contributed by atoms with E-state index in [1.54, 1.807) is 7.11 Å². The van der Waals surface area contributed by atoms with E-state index in [-0.39, 0.29) is 6.10 Å². The topological polar surface area (TPSA) is 18.5 Å². The van der Waals surface area contributed by atoms with E-state index in [4.69, 9.17) is 9.16 Å². The predicted molar refractivity (Wildman–Crippen MR) is 79.6 cm³/mol. The highest BCUT2D eigenvalue weighted by molar-refractivity contribution is 6.69. The van der Waals surface area contributed by atoms with Gasteiger partial charge in [-0.3, -0.25) is 0 Å². The maximum absolute atomic E-state index is 6.25. The van der Waals surface area contributed by atoms with Crippen molar-refractivity contribution in [1.29, 1.82) is 0 Å². The van der Waals surface area contributed by atoms with Crippen LogP contribution in [0, 0.1) is 0 Å². The Morgan fingerprint density at radius 3 is 2.17 bits per heavy atom. The number of rotatable bonds is 6. The minimum atomic E-state index is -1.56. The largest absolute Gasteiger partial charge is 0.497 e. The predicted octanol–water partition coefficient (Wildman–Crippen LogP) is 4.55. The summed E-state index contributed by atoms with van der Waals surface area (Å²) >= 11 is 0. The van der Waals surface area contributed by atoms with E-state index in [9.17, 15) is 0 Å². The molecule has 100 valence electrons. The lowest BCUT2D eigenvalue weighted by Gasteiger charge is -2.27. The van der Waals surface area contributed by atoms with E-state index >= 15 is 0 Å². The smallest absolute Gasteiger partial charge is 0.184 e. The van der Waals surface area contributed by atoms with Gasteiger partial charge < -0.3 is 9.16 Å². The third-order valence-electron chi connectivity index (χ3n) is 2.52. The Morgan fingerprint density at radius 2 is 1.78 bits per heavy atom. The van der Waals surface area contributed by atoms with Gasteiger partial charge in [0.1, 0.15) is 5.75 Å². The second-order valence-corrected chi connectivity index (χ2v) is 10.1. The summed E-state index contributed by atoms with van der Waals surface area (Å²) in [5, 5.41) is 0. The standard InChI is InChI=1S/C15H24O2Si/c1-12(2)11-15(17-18(4,5)6)13-7-9-14(16-3)10-8-13/h7-10,15H,1,11H2,2-6H3. The Kier molecular flexibility index (Phi) is 5.17. The van der Waals surface area contributed by atoms with Crippen molar-refractivity contribution in [2.75, 3.05) is 7.11 Å². The first-order valence-corrected chi connectivity index (χ1v) is 9.69. The second kappa shape index (κ2) is 6.21. The van der Waals surface area contributed by atoms with Gasteiger partial charge >= 0.3 is 0 Å². The summed E-state index contributed by atoms with van der Waals surface area (Å²) in [6.45, 7) is 12.7. The van der Waals surface area contributed by atoms with Gasteiger partial charge in [0.25, 0.3) is 0 Å². The van der Waals surface area contributed by atoms with Gasteiger partial charge in [0, 0.05) is 0 Å². The maximum atomic E-state index is 6.25. The molecule has 1 rings (SSSR count). The molecule has 0 heterocycles.